The van der Waals surface area contributed by atoms with Crippen molar-refractivity contribution in [3.8, 4) is 0 Å². The van der Waals surface area contributed by atoms with Crippen LogP contribution in [0.15, 0.2) is 12.3 Å². The Balaban J connectivity index is 1.75. The van der Waals surface area contributed by atoms with Crippen molar-refractivity contribution in [3.05, 3.63) is 23.5 Å². The predicted molar refractivity (Wildman–Crippen MR) is 81.5 cm³/mol. The van der Waals surface area contributed by atoms with Crippen LogP contribution in [0.3, 0.4) is 0 Å². The Labute approximate surface area is 128 Å². The molecule has 0 saturated heterocycles. The van der Waals surface area contributed by atoms with Crippen molar-refractivity contribution >= 4 is 29.2 Å². The van der Waals surface area contributed by atoms with Gasteiger partial charge in [-0.3, -0.25) is 14.3 Å². The van der Waals surface area contributed by atoms with Crippen LogP contribution in [0.4, 0.5) is 4.79 Å². The van der Waals surface area contributed by atoms with Gasteiger partial charge in [-0.15, -0.1) is 0 Å². The van der Waals surface area contributed by atoms with Crippen LogP contribution in [0.1, 0.15) is 43.4 Å². The Morgan fingerprint density at radius 3 is 2.67 bits per heavy atom. The summed E-state index contributed by atoms with van der Waals surface area (Å²) in [4.78, 5) is 24.4. The lowest BCUT2D eigenvalue weighted by Crippen LogP contribution is -2.35. The number of aromatic nitrogens is 1. The van der Waals surface area contributed by atoms with Crippen molar-refractivity contribution in [1.29, 1.82) is 0 Å². The third-order valence-corrected chi connectivity index (χ3v) is 4.75. The molecule has 0 radical (unpaired) electrons. The Morgan fingerprint density at radius 2 is 2.05 bits per heavy atom. The van der Waals surface area contributed by atoms with Crippen LogP contribution in [0.2, 0.25) is 0 Å². The Bertz CT molecular complexity index is 569. The molecule has 1 aliphatic heterocycles. The van der Waals surface area contributed by atoms with E-state index in [-0.39, 0.29) is 12.6 Å². The normalized spacial score (nSPS) is 19.1. The molecule has 112 valence electrons. The van der Waals surface area contributed by atoms with E-state index < -0.39 is 5.97 Å². The maximum absolute atomic E-state index is 12.2. The highest BCUT2D eigenvalue weighted by molar-refractivity contribution is 7.80. The standard InChI is InChI=1S/C15H18N2O3S/c18-13(19)9-17-14(21)12-7-11(8-16(12)15(17)20)6-10-4-2-1-3-5-10/h7-8,10H,1-6,9H2,(H,18,19). The molecule has 0 spiro atoms. The molecular formula is C15H18N2O3S. The second-order valence-corrected chi connectivity index (χ2v) is 6.27. The van der Waals surface area contributed by atoms with E-state index in [1.165, 1.54) is 36.7 Å². The zero-order chi connectivity index (χ0) is 15.0. The monoisotopic (exact) mass is 306 g/mol. The van der Waals surface area contributed by atoms with Crippen LogP contribution in [0, 0.1) is 5.92 Å². The number of aliphatic carboxylic acids is 1. The molecule has 1 amide bonds. The van der Waals surface area contributed by atoms with Gasteiger partial charge in [0.2, 0.25) is 0 Å². The molecule has 1 aromatic rings. The van der Waals surface area contributed by atoms with E-state index in [1.54, 1.807) is 0 Å². The number of carboxylic acids is 1. The van der Waals surface area contributed by atoms with Gasteiger partial charge in [0.05, 0.1) is 5.69 Å². The van der Waals surface area contributed by atoms with E-state index in [0.29, 0.717) is 16.6 Å². The molecule has 2 aliphatic rings. The van der Waals surface area contributed by atoms with Crippen LogP contribution in [0.5, 0.6) is 0 Å². The summed E-state index contributed by atoms with van der Waals surface area (Å²) in [5, 5.41) is 8.83. The maximum atomic E-state index is 12.2. The van der Waals surface area contributed by atoms with Gasteiger partial charge in [-0.1, -0.05) is 44.3 Å². The van der Waals surface area contributed by atoms with Crippen LogP contribution >= 0.6 is 12.2 Å². The van der Waals surface area contributed by atoms with Crippen LogP contribution in [-0.4, -0.2) is 38.1 Å². The van der Waals surface area contributed by atoms with E-state index in [4.69, 9.17) is 17.3 Å². The van der Waals surface area contributed by atoms with Gasteiger partial charge in [-0.25, -0.2) is 4.79 Å². The number of carboxylic acid groups (broad SMARTS) is 1. The molecule has 0 aromatic carbocycles. The zero-order valence-electron chi connectivity index (χ0n) is 11.7. The third-order valence-electron chi connectivity index (χ3n) is 4.32. The quantitative estimate of drug-likeness (QED) is 0.869. The van der Waals surface area contributed by atoms with Crippen LogP contribution in [-0.2, 0) is 11.2 Å². The van der Waals surface area contributed by atoms with E-state index in [1.807, 2.05) is 12.3 Å². The summed E-state index contributed by atoms with van der Waals surface area (Å²) in [6.07, 6.45) is 9.22. The summed E-state index contributed by atoms with van der Waals surface area (Å²) in [6, 6.07) is 1.59. The van der Waals surface area contributed by atoms with Gasteiger partial charge in [0.15, 0.2) is 0 Å². The number of carbonyl (C=O) groups is 2. The molecule has 1 saturated carbocycles. The number of thiocarbonyl (C=S) groups is 1. The fourth-order valence-electron chi connectivity index (χ4n) is 3.31. The largest absolute Gasteiger partial charge is 0.480 e. The smallest absolute Gasteiger partial charge is 0.334 e. The van der Waals surface area contributed by atoms with E-state index in [2.05, 4.69) is 0 Å². The molecule has 1 fully saturated rings. The lowest BCUT2D eigenvalue weighted by Gasteiger charge is -2.21. The number of carbonyl (C=O) groups excluding carboxylic acids is 1. The average molecular weight is 306 g/mol. The molecular weight excluding hydrogens is 288 g/mol. The third kappa shape index (κ3) is 2.72. The summed E-state index contributed by atoms with van der Waals surface area (Å²) in [5.74, 6) is -0.362. The molecule has 0 bridgehead atoms. The fraction of sp³-hybridized carbons (Fsp3) is 0.533. The molecule has 21 heavy (non-hydrogen) atoms. The van der Waals surface area contributed by atoms with Crippen molar-refractivity contribution < 1.29 is 14.7 Å². The van der Waals surface area contributed by atoms with Gasteiger partial charge in [0.25, 0.3) is 0 Å². The SMILES string of the molecule is O=C(O)CN1C(=O)n2cc(CC3CCCCC3)cc2C1=S. The maximum Gasteiger partial charge on any atom is 0.334 e. The van der Waals surface area contributed by atoms with Crippen molar-refractivity contribution in [3.63, 3.8) is 0 Å². The first-order valence-corrected chi connectivity index (χ1v) is 7.76. The molecule has 1 aliphatic carbocycles. The topological polar surface area (TPSA) is 62.5 Å². The van der Waals surface area contributed by atoms with Gasteiger partial charge < -0.3 is 5.11 Å². The lowest BCUT2D eigenvalue weighted by molar-refractivity contribution is -0.136. The Kier molecular flexibility index (Phi) is 3.80. The van der Waals surface area contributed by atoms with Gasteiger partial charge in [0.1, 0.15) is 11.5 Å². The number of hydrogen-bond acceptors (Lipinski definition) is 3. The molecule has 0 unspecified atom stereocenters. The van der Waals surface area contributed by atoms with Crippen molar-refractivity contribution in [1.82, 2.24) is 9.47 Å². The highest BCUT2D eigenvalue weighted by Crippen LogP contribution is 2.29. The second kappa shape index (κ2) is 5.60. The molecule has 3 rings (SSSR count). The van der Waals surface area contributed by atoms with Gasteiger partial charge in [-0.2, -0.15) is 0 Å². The zero-order valence-corrected chi connectivity index (χ0v) is 12.6. The number of amides is 1. The van der Waals surface area contributed by atoms with Gasteiger partial charge >= 0.3 is 12.0 Å². The summed E-state index contributed by atoms with van der Waals surface area (Å²) in [5.41, 5.74) is 1.78. The van der Waals surface area contributed by atoms with Crippen LogP contribution in [0.25, 0.3) is 0 Å². The van der Waals surface area contributed by atoms with Crippen LogP contribution < -0.4 is 0 Å². The minimum Gasteiger partial charge on any atom is -0.480 e. The summed E-state index contributed by atoms with van der Waals surface area (Å²) in [6.45, 7) is -0.378. The minimum atomic E-state index is -1.06. The molecule has 1 N–H and O–H groups in total. The van der Waals surface area contributed by atoms with Crippen molar-refractivity contribution in [2.24, 2.45) is 5.92 Å². The molecule has 1 aromatic heterocycles. The highest BCUT2D eigenvalue weighted by Gasteiger charge is 2.34. The minimum absolute atomic E-state index is 0.317. The first-order valence-electron chi connectivity index (χ1n) is 7.35. The van der Waals surface area contributed by atoms with Crippen molar-refractivity contribution in [2.45, 2.75) is 38.5 Å². The predicted octanol–water partition coefficient (Wildman–Crippen LogP) is 2.65. The number of nitrogens with zero attached hydrogens (tertiary/aromatic N) is 2. The lowest BCUT2D eigenvalue weighted by atomic mass is 9.85. The molecule has 6 heteroatoms. The second-order valence-electron chi connectivity index (χ2n) is 5.88. The van der Waals surface area contributed by atoms with Crippen molar-refractivity contribution in [2.75, 3.05) is 6.54 Å². The fourth-order valence-corrected chi connectivity index (χ4v) is 3.61. The van der Waals surface area contributed by atoms with Gasteiger partial charge in [0, 0.05) is 6.20 Å². The Hall–Kier alpha value is -1.69. The number of rotatable bonds is 4. The van der Waals surface area contributed by atoms with E-state index in [0.717, 1.165) is 16.9 Å². The first-order chi connectivity index (χ1) is 10.1. The van der Waals surface area contributed by atoms with Gasteiger partial charge in [-0.05, 0) is 24.0 Å². The van der Waals surface area contributed by atoms with E-state index in [9.17, 15) is 9.59 Å². The number of hydrogen-bond donors (Lipinski definition) is 1. The molecule has 5 nitrogen and oxygen atoms in total. The first kappa shape index (κ1) is 14.3. The molecule has 2 heterocycles. The Morgan fingerprint density at radius 1 is 1.33 bits per heavy atom. The highest BCUT2D eigenvalue weighted by atomic mass is 32.1. The summed E-state index contributed by atoms with van der Waals surface area (Å²) < 4.78 is 1.49. The number of fused-ring (bicyclic) bond motifs is 1. The molecule has 0 atom stereocenters. The summed E-state index contributed by atoms with van der Waals surface area (Å²) >= 11 is 5.23. The van der Waals surface area contributed by atoms with E-state index >= 15 is 0 Å². The average Bonchev–Trinajstić information content (AvgIpc) is 2.95. The summed E-state index contributed by atoms with van der Waals surface area (Å²) in [7, 11) is 0.